The Morgan fingerprint density at radius 1 is 0.857 bits per heavy atom. The molecule has 0 heterocycles. The number of azo groups is 1. The second-order valence-electron chi connectivity index (χ2n) is 4.03. The van der Waals surface area contributed by atoms with E-state index in [4.69, 9.17) is 34.8 Å². The summed E-state index contributed by atoms with van der Waals surface area (Å²) in [7, 11) is 0. The van der Waals surface area contributed by atoms with Gasteiger partial charge in [0.15, 0.2) is 0 Å². The van der Waals surface area contributed by atoms with Gasteiger partial charge in [0, 0.05) is 5.69 Å². The fourth-order valence-corrected chi connectivity index (χ4v) is 1.57. The summed E-state index contributed by atoms with van der Waals surface area (Å²) in [4.78, 5) is 11.5. The van der Waals surface area contributed by atoms with Crippen molar-refractivity contribution < 1.29 is 4.79 Å². The van der Waals surface area contributed by atoms with Crippen molar-refractivity contribution in [1.29, 1.82) is 0 Å². The van der Waals surface area contributed by atoms with Crippen molar-refractivity contribution in [2.24, 2.45) is 10.2 Å². The lowest BCUT2D eigenvalue weighted by Crippen LogP contribution is -2.26. The average Bonchev–Trinajstić information content (AvgIpc) is 2.46. The van der Waals surface area contributed by atoms with Gasteiger partial charge in [0.1, 0.15) is 0 Å². The molecule has 0 aliphatic carbocycles. The third kappa shape index (κ3) is 5.01. The summed E-state index contributed by atoms with van der Waals surface area (Å²) in [5.41, 5.74) is 1.90. The SMILES string of the molecule is O=C(Nc1ccc(N=Nc2ccccc2)cc1)C(Cl)(Cl)Cl. The standard InChI is InChI=1S/C14H10Cl3N3O/c15-14(16,17)13(21)18-10-6-8-12(9-7-10)20-19-11-4-2-1-3-5-11/h1-9H,(H,18,21). The van der Waals surface area contributed by atoms with Crippen molar-refractivity contribution in [2.75, 3.05) is 5.32 Å². The summed E-state index contributed by atoms with van der Waals surface area (Å²) in [6.45, 7) is 0. The van der Waals surface area contributed by atoms with Crippen LogP contribution in [-0.2, 0) is 4.79 Å². The molecule has 0 saturated heterocycles. The monoisotopic (exact) mass is 341 g/mol. The maximum atomic E-state index is 11.5. The Labute approximate surface area is 136 Å². The lowest BCUT2D eigenvalue weighted by Gasteiger charge is -2.11. The summed E-state index contributed by atoms with van der Waals surface area (Å²) in [5, 5.41) is 10.6. The maximum Gasteiger partial charge on any atom is 0.276 e. The van der Waals surface area contributed by atoms with Crippen LogP contribution >= 0.6 is 34.8 Å². The van der Waals surface area contributed by atoms with Crippen LogP contribution in [0.5, 0.6) is 0 Å². The van der Waals surface area contributed by atoms with Crippen LogP contribution in [0.15, 0.2) is 64.8 Å². The van der Waals surface area contributed by atoms with Gasteiger partial charge in [0.25, 0.3) is 9.70 Å². The number of nitrogens with zero attached hydrogens (tertiary/aromatic N) is 2. The molecule has 0 spiro atoms. The number of carbonyl (C=O) groups is 1. The topological polar surface area (TPSA) is 53.8 Å². The van der Waals surface area contributed by atoms with E-state index in [1.807, 2.05) is 30.3 Å². The second kappa shape index (κ2) is 6.89. The van der Waals surface area contributed by atoms with E-state index in [9.17, 15) is 4.79 Å². The van der Waals surface area contributed by atoms with Gasteiger partial charge in [0.05, 0.1) is 11.4 Å². The molecule has 0 aliphatic heterocycles. The van der Waals surface area contributed by atoms with E-state index in [-0.39, 0.29) is 0 Å². The number of anilines is 1. The van der Waals surface area contributed by atoms with E-state index in [0.717, 1.165) is 5.69 Å². The third-order valence-electron chi connectivity index (χ3n) is 2.42. The molecule has 108 valence electrons. The highest BCUT2D eigenvalue weighted by Gasteiger charge is 2.30. The first-order valence-corrected chi connectivity index (χ1v) is 7.03. The number of carbonyl (C=O) groups excluding carboxylic acids is 1. The van der Waals surface area contributed by atoms with Crippen molar-refractivity contribution in [3.8, 4) is 0 Å². The summed E-state index contributed by atoms with van der Waals surface area (Å²) < 4.78 is -1.99. The van der Waals surface area contributed by atoms with Crippen LogP contribution in [0.4, 0.5) is 17.1 Å². The molecule has 2 aromatic carbocycles. The fourth-order valence-electron chi connectivity index (χ4n) is 1.42. The molecular formula is C14H10Cl3N3O. The van der Waals surface area contributed by atoms with Gasteiger partial charge >= 0.3 is 0 Å². The average molecular weight is 343 g/mol. The Kier molecular flexibility index (Phi) is 5.17. The Bertz CT molecular complexity index is 637. The molecule has 21 heavy (non-hydrogen) atoms. The van der Waals surface area contributed by atoms with Gasteiger partial charge in [-0.1, -0.05) is 53.0 Å². The molecule has 0 saturated carbocycles. The zero-order chi connectivity index (χ0) is 15.3. The molecule has 1 N–H and O–H groups in total. The van der Waals surface area contributed by atoms with Gasteiger partial charge in [-0.15, -0.1) is 0 Å². The zero-order valence-corrected chi connectivity index (χ0v) is 12.9. The van der Waals surface area contributed by atoms with Gasteiger partial charge in [-0.2, -0.15) is 10.2 Å². The Morgan fingerprint density at radius 3 is 1.90 bits per heavy atom. The highest BCUT2D eigenvalue weighted by molar-refractivity contribution is 6.76. The number of nitrogens with one attached hydrogen (secondary N) is 1. The van der Waals surface area contributed by atoms with E-state index in [0.29, 0.717) is 11.4 Å². The first kappa shape index (κ1) is 15.8. The van der Waals surface area contributed by atoms with E-state index in [2.05, 4.69) is 15.5 Å². The lowest BCUT2D eigenvalue weighted by molar-refractivity contribution is -0.115. The van der Waals surface area contributed by atoms with Crippen LogP contribution in [0, 0.1) is 0 Å². The van der Waals surface area contributed by atoms with Crippen LogP contribution in [0.25, 0.3) is 0 Å². The largest absolute Gasteiger partial charge is 0.322 e. The fraction of sp³-hybridized carbons (Fsp3) is 0.0714. The number of benzene rings is 2. The van der Waals surface area contributed by atoms with Crippen LogP contribution in [0.1, 0.15) is 0 Å². The molecule has 0 radical (unpaired) electrons. The minimum atomic E-state index is -1.99. The van der Waals surface area contributed by atoms with Crippen molar-refractivity contribution in [2.45, 2.75) is 3.79 Å². The Hall–Kier alpha value is -1.62. The van der Waals surface area contributed by atoms with Gasteiger partial charge in [0.2, 0.25) is 0 Å². The van der Waals surface area contributed by atoms with Gasteiger partial charge in [-0.05, 0) is 36.4 Å². The second-order valence-corrected chi connectivity index (χ2v) is 6.32. The van der Waals surface area contributed by atoms with Gasteiger partial charge in [-0.25, -0.2) is 0 Å². The molecule has 0 bridgehead atoms. The molecule has 0 aliphatic rings. The van der Waals surface area contributed by atoms with Crippen molar-refractivity contribution in [3.05, 3.63) is 54.6 Å². The lowest BCUT2D eigenvalue weighted by atomic mass is 10.3. The minimum Gasteiger partial charge on any atom is -0.322 e. The summed E-state index contributed by atoms with van der Waals surface area (Å²) in [6, 6.07) is 16.0. The number of rotatable bonds is 3. The summed E-state index contributed by atoms with van der Waals surface area (Å²) in [6.07, 6.45) is 0. The zero-order valence-electron chi connectivity index (χ0n) is 10.6. The molecule has 7 heteroatoms. The quantitative estimate of drug-likeness (QED) is 0.588. The summed E-state index contributed by atoms with van der Waals surface area (Å²) >= 11 is 16.4. The number of halogens is 3. The molecule has 4 nitrogen and oxygen atoms in total. The number of hydrogen-bond acceptors (Lipinski definition) is 3. The van der Waals surface area contributed by atoms with E-state index < -0.39 is 9.70 Å². The predicted molar refractivity (Wildman–Crippen MR) is 86.0 cm³/mol. The van der Waals surface area contributed by atoms with Crippen LogP contribution < -0.4 is 5.32 Å². The van der Waals surface area contributed by atoms with Crippen molar-refractivity contribution >= 4 is 57.8 Å². The summed E-state index contributed by atoms with van der Waals surface area (Å²) in [5.74, 6) is -0.717. The third-order valence-corrected chi connectivity index (χ3v) is 2.93. The number of hydrogen-bond donors (Lipinski definition) is 1. The first-order valence-electron chi connectivity index (χ1n) is 5.90. The van der Waals surface area contributed by atoms with Crippen molar-refractivity contribution in [3.63, 3.8) is 0 Å². The molecule has 0 fully saturated rings. The molecule has 0 atom stereocenters. The Morgan fingerprint density at radius 2 is 1.38 bits per heavy atom. The molecule has 1 amide bonds. The van der Waals surface area contributed by atoms with Gasteiger partial charge in [-0.3, -0.25) is 4.79 Å². The molecule has 2 aromatic rings. The number of amides is 1. The minimum absolute atomic E-state index is 0.505. The normalized spacial score (nSPS) is 11.6. The van der Waals surface area contributed by atoms with E-state index in [1.54, 1.807) is 24.3 Å². The molecular weight excluding hydrogens is 333 g/mol. The Balaban J connectivity index is 2.03. The molecule has 2 rings (SSSR count). The predicted octanol–water partition coefficient (Wildman–Crippen LogP) is 5.41. The molecule has 0 unspecified atom stereocenters. The van der Waals surface area contributed by atoms with Crippen LogP contribution in [0.2, 0.25) is 0 Å². The highest BCUT2D eigenvalue weighted by atomic mass is 35.6. The van der Waals surface area contributed by atoms with Crippen LogP contribution in [-0.4, -0.2) is 9.70 Å². The van der Waals surface area contributed by atoms with Crippen molar-refractivity contribution in [1.82, 2.24) is 0 Å². The van der Waals surface area contributed by atoms with E-state index >= 15 is 0 Å². The van der Waals surface area contributed by atoms with Crippen LogP contribution in [0.3, 0.4) is 0 Å². The maximum absolute atomic E-state index is 11.5. The molecule has 0 aromatic heterocycles. The number of alkyl halides is 3. The highest BCUT2D eigenvalue weighted by Crippen LogP contribution is 2.28. The smallest absolute Gasteiger partial charge is 0.276 e. The van der Waals surface area contributed by atoms with Gasteiger partial charge < -0.3 is 5.32 Å². The first-order chi connectivity index (χ1) is 9.95. The van der Waals surface area contributed by atoms with E-state index in [1.165, 1.54) is 0 Å².